The Bertz CT molecular complexity index is 856. The Balaban J connectivity index is 1.91. The van der Waals surface area contributed by atoms with E-state index in [2.05, 4.69) is 0 Å². The highest BCUT2D eigenvalue weighted by Crippen LogP contribution is 2.20. The molecule has 0 nitrogen and oxygen atoms in total. The zero-order valence-electron chi connectivity index (χ0n) is 15.1. The Morgan fingerprint density at radius 3 is 1.25 bits per heavy atom. The molecule has 3 rings (SSSR count). The van der Waals surface area contributed by atoms with E-state index in [4.69, 9.17) is 0 Å². The molecule has 0 aliphatic heterocycles. The van der Waals surface area contributed by atoms with E-state index in [0.717, 1.165) is 11.1 Å². The van der Waals surface area contributed by atoms with Crippen molar-refractivity contribution in [1.29, 1.82) is 0 Å². The summed E-state index contributed by atoms with van der Waals surface area (Å²) in [7, 11) is 0. The molecule has 0 unspecified atom stereocenters. The number of aryl methyl sites for hydroxylation is 2. The molecule has 3 aromatic carbocycles. The van der Waals surface area contributed by atoms with E-state index in [0.29, 0.717) is 12.8 Å². The number of hydrogen-bond acceptors (Lipinski definition) is 0. The molecule has 28 heavy (non-hydrogen) atoms. The van der Waals surface area contributed by atoms with Crippen molar-refractivity contribution in [3.05, 3.63) is 101 Å². The SMILES string of the molecule is Fc1c(F)c(F)c(B(CCc2ccccc2)CCc2ccccc2)c(F)c1F. The van der Waals surface area contributed by atoms with Crippen LogP contribution in [0.5, 0.6) is 0 Å². The Labute approximate surface area is 161 Å². The molecule has 144 valence electrons. The molecular weight excluding hydrogens is 370 g/mol. The van der Waals surface area contributed by atoms with Crippen molar-refractivity contribution in [1.82, 2.24) is 0 Å². The summed E-state index contributed by atoms with van der Waals surface area (Å²) in [5.74, 6) is -9.37. The second-order valence-corrected chi connectivity index (χ2v) is 6.73. The minimum absolute atomic E-state index is 0.273. The van der Waals surface area contributed by atoms with Gasteiger partial charge in [-0.25, -0.2) is 22.0 Å². The molecule has 0 aromatic heterocycles. The molecule has 0 saturated carbocycles. The first-order valence-electron chi connectivity index (χ1n) is 9.08. The molecule has 0 heterocycles. The summed E-state index contributed by atoms with van der Waals surface area (Å²) in [6.45, 7) is -0.801. The van der Waals surface area contributed by atoms with Crippen molar-refractivity contribution in [2.24, 2.45) is 0 Å². The number of benzene rings is 3. The van der Waals surface area contributed by atoms with Crippen LogP contribution >= 0.6 is 0 Å². The Hall–Kier alpha value is -2.63. The highest BCUT2D eigenvalue weighted by molar-refractivity contribution is 6.73. The van der Waals surface area contributed by atoms with Gasteiger partial charge in [0.05, 0.1) is 0 Å². The van der Waals surface area contributed by atoms with E-state index in [1.165, 1.54) is 0 Å². The first-order valence-corrected chi connectivity index (χ1v) is 9.08. The van der Waals surface area contributed by atoms with Crippen molar-refractivity contribution in [2.45, 2.75) is 25.5 Å². The fourth-order valence-electron chi connectivity index (χ4n) is 3.38. The van der Waals surface area contributed by atoms with E-state index < -0.39 is 41.3 Å². The summed E-state index contributed by atoms with van der Waals surface area (Å²) in [5.41, 5.74) is 1.16. The summed E-state index contributed by atoms with van der Waals surface area (Å²) in [6.07, 6.45) is 1.49. The zero-order valence-corrected chi connectivity index (χ0v) is 15.1. The lowest BCUT2D eigenvalue weighted by molar-refractivity contribution is 0.384. The molecule has 0 N–H and O–H groups in total. The first kappa shape index (κ1) is 20.1. The van der Waals surface area contributed by atoms with E-state index in [1.807, 2.05) is 60.7 Å². The summed E-state index contributed by atoms with van der Waals surface area (Å²) < 4.78 is 69.7. The molecule has 0 amide bonds. The van der Waals surface area contributed by atoms with Crippen LogP contribution < -0.4 is 5.46 Å². The number of rotatable bonds is 7. The smallest absolute Gasteiger partial charge is 0.200 e. The molecule has 3 aromatic rings. The first-order chi connectivity index (χ1) is 13.5. The molecule has 0 aliphatic carbocycles. The van der Waals surface area contributed by atoms with Crippen molar-refractivity contribution >= 4 is 12.2 Å². The molecule has 6 heteroatoms. The lowest BCUT2D eigenvalue weighted by Gasteiger charge is -2.17. The molecule has 0 radical (unpaired) electrons. The van der Waals surface area contributed by atoms with E-state index in [1.54, 1.807) is 0 Å². The molecule has 0 bridgehead atoms. The van der Waals surface area contributed by atoms with Gasteiger partial charge in [-0.3, -0.25) is 0 Å². The van der Waals surface area contributed by atoms with Gasteiger partial charge in [-0.05, 0) is 29.4 Å². The monoisotopic (exact) mass is 388 g/mol. The topological polar surface area (TPSA) is 0 Å². The van der Waals surface area contributed by atoms with Crippen LogP contribution in [-0.2, 0) is 12.8 Å². The van der Waals surface area contributed by atoms with Crippen LogP contribution in [0.1, 0.15) is 11.1 Å². The quantitative estimate of drug-likeness (QED) is 0.215. The fraction of sp³-hybridized carbons (Fsp3) is 0.182. The lowest BCUT2D eigenvalue weighted by atomic mass is 9.39. The zero-order chi connectivity index (χ0) is 20.1. The average Bonchev–Trinajstić information content (AvgIpc) is 2.74. The molecular formula is C22H18BF5. The fourth-order valence-corrected chi connectivity index (χ4v) is 3.38. The maximum Gasteiger partial charge on any atom is 0.200 e. The van der Waals surface area contributed by atoms with Gasteiger partial charge in [-0.1, -0.05) is 73.3 Å². The third-order valence-corrected chi connectivity index (χ3v) is 4.90. The van der Waals surface area contributed by atoms with Gasteiger partial charge in [0.1, 0.15) is 0 Å². The third-order valence-electron chi connectivity index (χ3n) is 4.90. The van der Waals surface area contributed by atoms with Crippen LogP contribution in [0.25, 0.3) is 0 Å². The van der Waals surface area contributed by atoms with Gasteiger partial charge in [-0.15, -0.1) is 0 Å². The number of halogens is 5. The maximum atomic E-state index is 14.4. The van der Waals surface area contributed by atoms with Gasteiger partial charge in [0.15, 0.2) is 35.8 Å². The molecule has 0 saturated heterocycles. The molecule has 0 aliphatic rings. The second kappa shape index (κ2) is 9.04. The summed E-state index contributed by atoms with van der Waals surface area (Å²) in [4.78, 5) is 0. The lowest BCUT2D eigenvalue weighted by Crippen LogP contribution is -2.38. The van der Waals surface area contributed by atoms with Crippen LogP contribution in [0.15, 0.2) is 60.7 Å². The van der Waals surface area contributed by atoms with E-state index >= 15 is 0 Å². The predicted octanol–water partition coefficient (Wildman–Crippen LogP) is 5.57. The van der Waals surface area contributed by atoms with Crippen molar-refractivity contribution in [3.63, 3.8) is 0 Å². The normalized spacial score (nSPS) is 10.9. The van der Waals surface area contributed by atoms with Gasteiger partial charge in [0, 0.05) is 0 Å². The van der Waals surface area contributed by atoms with Crippen LogP contribution in [-0.4, -0.2) is 6.71 Å². The standard InChI is InChI=1S/C22H18BF5/c24-18-17(19(25)21(27)22(28)20(18)26)23(13-11-15-7-3-1-4-8-15)14-12-16-9-5-2-6-10-16/h1-10H,11-14H2. The predicted molar refractivity (Wildman–Crippen MR) is 102 cm³/mol. The van der Waals surface area contributed by atoms with Crippen molar-refractivity contribution in [3.8, 4) is 0 Å². The highest BCUT2D eigenvalue weighted by atomic mass is 19.2. The Morgan fingerprint density at radius 1 is 0.500 bits per heavy atom. The minimum Gasteiger partial charge on any atom is -0.204 e. The Kier molecular flexibility index (Phi) is 6.50. The molecule has 0 fully saturated rings. The van der Waals surface area contributed by atoms with Crippen molar-refractivity contribution in [2.75, 3.05) is 0 Å². The number of hydrogen-bond donors (Lipinski definition) is 0. The van der Waals surface area contributed by atoms with Crippen LogP contribution in [0.2, 0.25) is 12.6 Å². The largest absolute Gasteiger partial charge is 0.204 e. The van der Waals surface area contributed by atoms with Crippen LogP contribution in [0.4, 0.5) is 22.0 Å². The average molecular weight is 388 g/mol. The minimum atomic E-state index is -2.12. The van der Waals surface area contributed by atoms with Crippen molar-refractivity contribution < 1.29 is 22.0 Å². The van der Waals surface area contributed by atoms with Gasteiger partial charge < -0.3 is 0 Å². The Morgan fingerprint density at radius 2 is 0.857 bits per heavy atom. The van der Waals surface area contributed by atoms with Gasteiger partial charge >= 0.3 is 0 Å². The second-order valence-electron chi connectivity index (χ2n) is 6.73. The van der Waals surface area contributed by atoms with E-state index in [9.17, 15) is 22.0 Å². The van der Waals surface area contributed by atoms with E-state index in [-0.39, 0.29) is 12.6 Å². The van der Waals surface area contributed by atoms with Gasteiger partial charge in [0.2, 0.25) is 0 Å². The summed E-state index contributed by atoms with van der Waals surface area (Å²) >= 11 is 0. The third kappa shape index (κ3) is 4.43. The summed E-state index contributed by atoms with van der Waals surface area (Å²) in [5, 5.41) is 0. The van der Waals surface area contributed by atoms with Gasteiger partial charge in [0.25, 0.3) is 0 Å². The van der Waals surface area contributed by atoms with Crippen LogP contribution in [0, 0.1) is 29.1 Å². The molecule has 0 atom stereocenters. The van der Waals surface area contributed by atoms with Crippen LogP contribution in [0.3, 0.4) is 0 Å². The van der Waals surface area contributed by atoms with Gasteiger partial charge in [-0.2, -0.15) is 0 Å². The summed E-state index contributed by atoms with van der Waals surface area (Å²) in [6, 6.07) is 18.5. The molecule has 0 spiro atoms. The maximum absolute atomic E-state index is 14.4. The highest BCUT2D eigenvalue weighted by Gasteiger charge is 2.31.